The minimum Gasteiger partial charge on any atom is -0.394 e. The van der Waals surface area contributed by atoms with Crippen LogP contribution in [0.1, 0.15) is 71.8 Å². The van der Waals surface area contributed by atoms with Crippen LogP contribution < -0.4 is 20.3 Å². The molecular formula is C26H40N6O4S. The number of aromatic nitrogens is 2. The smallest absolute Gasteiger partial charge is 0.278 e. The van der Waals surface area contributed by atoms with Crippen LogP contribution in [0.5, 0.6) is 0 Å². The molecule has 2 aromatic rings. The van der Waals surface area contributed by atoms with Crippen molar-refractivity contribution < 1.29 is 18.3 Å². The van der Waals surface area contributed by atoms with Crippen LogP contribution in [0.25, 0.3) is 0 Å². The molecule has 0 radical (unpaired) electrons. The fourth-order valence-corrected chi connectivity index (χ4v) is 5.39. The monoisotopic (exact) mass is 532 g/mol. The molecule has 0 atom stereocenters. The van der Waals surface area contributed by atoms with E-state index >= 15 is 0 Å². The van der Waals surface area contributed by atoms with Gasteiger partial charge >= 0.3 is 0 Å². The van der Waals surface area contributed by atoms with Crippen molar-refractivity contribution >= 4 is 33.3 Å². The van der Waals surface area contributed by atoms with E-state index < -0.39 is 27.0 Å². The number of nitrogens with zero attached hydrogens (tertiary/aromatic N) is 3. The molecule has 0 aliphatic carbocycles. The van der Waals surface area contributed by atoms with Crippen LogP contribution in [-0.4, -0.2) is 60.2 Å². The lowest BCUT2D eigenvalue weighted by molar-refractivity contribution is 0.102. The Bertz CT molecular complexity index is 1230. The third-order valence-electron chi connectivity index (χ3n) is 6.09. The third-order valence-corrected chi connectivity index (χ3v) is 7.85. The topological polar surface area (TPSA) is 137 Å². The first-order chi connectivity index (χ1) is 17.0. The molecule has 0 spiro atoms. The van der Waals surface area contributed by atoms with Gasteiger partial charge in [-0.25, -0.2) is 23.1 Å². The molecule has 1 aliphatic rings. The number of anilines is 3. The van der Waals surface area contributed by atoms with Gasteiger partial charge in [-0.2, -0.15) is 0 Å². The summed E-state index contributed by atoms with van der Waals surface area (Å²) in [6.07, 6.45) is 3.35. The van der Waals surface area contributed by atoms with Gasteiger partial charge in [0.05, 0.1) is 23.2 Å². The Balaban J connectivity index is 1.91. The summed E-state index contributed by atoms with van der Waals surface area (Å²) in [5.74, 6) is 0.417. The summed E-state index contributed by atoms with van der Waals surface area (Å²) in [5, 5.41) is 15.6. The maximum absolute atomic E-state index is 13.4. The molecule has 4 N–H and O–H groups in total. The van der Waals surface area contributed by atoms with Crippen LogP contribution in [0, 0.1) is 5.41 Å². The summed E-state index contributed by atoms with van der Waals surface area (Å²) in [6, 6.07) is 6.11. The molecule has 10 nitrogen and oxygen atoms in total. The van der Waals surface area contributed by atoms with Gasteiger partial charge < -0.3 is 20.6 Å². The zero-order valence-corrected chi connectivity index (χ0v) is 23.7. The number of sulfonamides is 1. The molecule has 0 bridgehead atoms. The lowest BCUT2D eigenvalue weighted by atomic mass is 9.82. The number of nitrogens with one attached hydrogen (secondary N) is 3. The summed E-state index contributed by atoms with van der Waals surface area (Å²) >= 11 is 0. The fraction of sp³-hybridized carbons (Fsp3) is 0.577. The van der Waals surface area contributed by atoms with E-state index in [4.69, 9.17) is 4.98 Å². The van der Waals surface area contributed by atoms with Crippen molar-refractivity contribution in [3.8, 4) is 0 Å². The number of carbonyl (C=O) groups is 1. The Morgan fingerprint density at radius 2 is 1.78 bits per heavy atom. The first-order valence-corrected chi connectivity index (χ1v) is 14.0. The second-order valence-electron chi connectivity index (χ2n) is 12.1. The van der Waals surface area contributed by atoms with Crippen molar-refractivity contribution in [2.75, 3.05) is 35.2 Å². The second kappa shape index (κ2) is 10.5. The first-order valence-electron chi connectivity index (χ1n) is 12.5. The van der Waals surface area contributed by atoms with E-state index in [1.807, 2.05) is 13.8 Å². The van der Waals surface area contributed by atoms with Gasteiger partial charge in [-0.05, 0) is 71.1 Å². The zero-order valence-electron chi connectivity index (χ0n) is 22.8. The SMILES string of the molecule is CC1(C)CCN(c2nc(NC(C)(C)CO)cnc2C(=O)Nc2cccc(S(=O)(=O)NC(C)(C)C)c2)CC1. The highest BCUT2D eigenvalue weighted by Crippen LogP contribution is 2.33. The number of hydrogen-bond acceptors (Lipinski definition) is 8. The number of benzene rings is 1. The normalized spacial score (nSPS) is 16.4. The maximum Gasteiger partial charge on any atom is 0.278 e. The number of hydrogen-bond donors (Lipinski definition) is 4. The summed E-state index contributed by atoms with van der Waals surface area (Å²) in [5.41, 5.74) is -0.585. The predicted octanol–water partition coefficient (Wildman–Crippen LogP) is 3.61. The van der Waals surface area contributed by atoms with Gasteiger partial charge in [-0.1, -0.05) is 19.9 Å². The molecule has 37 heavy (non-hydrogen) atoms. The lowest BCUT2D eigenvalue weighted by Gasteiger charge is -2.38. The molecule has 0 unspecified atom stereocenters. The van der Waals surface area contributed by atoms with Crippen molar-refractivity contribution in [2.24, 2.45) is 5.41 Å². The Morgan fingerprint density at radius 3 is 2.38 bits per heavy atom. The Labute approximate surface area is 220 Å². The molecule has 1 fully saturated rings. The van der Waals surface area contributed by atoms with Crippen LogP contribution in [0.15, 0.2) is 35.4 Å². The van der Waals surface area contributed by atoms with Gasteiger partial charge in [0.15, 0.2) is 11.5 Å². The lowest BCUT2D eigenvalue weighted by Crippen LogP contribution is -2.40. The van der Waals surface area contributed by atoms with Crippen LogP contribution in [0.2, 0.25) is 0 Å². The third kappa shape index (κ3) is 7.86. The highest BCUT2D eigenvalue weighted by molar-refractivity contribution is 7.89. The van der Waals surface area contributed by atoms with E-state index in [9.17, 15) is 18.3 Å². The average molecular weight is 533 g/mol. The standard InChI is InChI=1S/C26H40N6O4S/c1-24(2,3)31-37(35,36)19-10-8-9-18(15-19)28-23(34)21-22(32-13-11-25(4,5)12-14-32)29-20(16-27-21)30-26(6,7)17-33/h8-10,15-16,31,33H,11-14,17H2,1-7H3,(H,28,34)(H,29,30). The maximum atomic E-state index is 13.4. The van der Waals surface area contributed by atoms with Crippen molar-refractivity contribution in [1.82, 2.24) is 14.7 Å². The molecule has 11 heteroatoms. The summed E-state index contributed by atoms with van der Waals surface area (Å²) in [6.45, 7) is 14.8. The molecule has 1 saturated heterocycles. The minimum atomic E-state index is -3.77. The molecular weight excluding hydrogens is 492 g/mol. The minimum absolute atomic E-state index is 0.0515. The molecule has 204 valence electrons. The number of aliphatic hydroxyl groups is 1. The van der Waals surface area contributed by atoms with Crippen molar-refractivity contribution in [1.29, 1.82) is 0 Å². The van der Waals surface area contributed by atoms with Crippen LogP contribution in [0.3, 0.4) is 0 Å². The van der Waals surface area contributed by atoms with Gasteiger partial charge in [-0.15, -0.1) is 0 Å². The van der Waals surface area contributed by atoms with E-state index in [0.717, 1.165) is 25.9 Å². The van der Waals surface area contributed by atoms with Gasteiger partial charge in [-0.3, -0.25) is 4.79 Å². The Morgan fingerprint density at radius 1 is 1.14 bits per heavy atom. The van der Waals surface area contributed by atoms with E-state index in [1.165, 1.54) is 18.3 Å². The summed E-state index contributed by atoms with van der Waals surface area (Å²) in [7, 11) is -3.77. The number of aliphatic hydroxyl groups excluding tert-OH is 1. The van der Waals surface area contributed by atoms with Gasteiger partial charge in [0.1, 0.15) is 5.82 Å². The highest BCUT2D eigenvalue weighted by atomic mass is 32.2. The molecule has 2 heterocycles. The van der Waals surface area contributed by atoms with Gasteiger partial charge in [0.2, 0.25) is 10.0 Å². The number of rotatable bonds is 8. The second-order valence-corrected chi connectivity index (χ2v) is 13.8. The average Bonchev–Trinajstić information content (AvgIpc) is 2.77. The van der Waals surface area contributed by atoms with Crippen molar-refractivity contribution in [2.45, 2.75) is 77.3 Å². The largest absolute Gasteiger partial charge is 0.394 e. The van der Waals surface area contributed by atoms with Crippen LogP contribution >= 0.6 is 0 Å². The molecule has 1 aromatic carbocycles. The number of amides is 1. The molecule has 3 rings (SSSR count). The van der Waals surface area contributed by atoms with Crippen LogP contribution in [-0.2, 0) is 10.0 Å². The first kappa shape index (κ1) is 28.8. The molecule has 1 amide bonds. The van der Waals surface area contributed by atoms with E-state index in [-0.39, 0.29) is 22.6 Å². The Kier molecular flexibility index (Phi) is 8.21. The summed E-state index contributed by atoms with van der Waals surface area (Å²) in [4.78, 5) is 24.6. The molecule has 1 aromatic heterocycles. The molecule has 0 saturated carbocycles. The number of piperidine rings is 1. The van der Waals surface area contributed by atoms with Crippen LogP contribution in [0.4, 0.5) is 17.3 Å². The Hall–Kier alpha value is -2.76. The summed E-state index contributed by atoms with van der Waals surface area (Å²) < 4.78 is 28.2. The van der Waals surface area contributed by atoms with Crippen molar-refractivity contribution in [3.63, 3.8) is 0 Å². The number of carbonyl (C=O) groups excluding carboxylic acids is 1. The van der Waals surface area contributed by atoms with Gasteiger partial charge in [0, 0.05) is 24.3 Å². The van der Waals surface area contributed by atoms with E-state index in [1.54, 1.807) is 32.9 Å². The quantitative estimate of drug-likeness (QED) is 0.405. The molecule has 1 aliphatic heterocycles. The van der Waals surface area contributed by atoms with E-state index in [2.05, 4.69) is 39.1 Å². The fourth-order valence-electron chi connectivity index (χ4n) is 3.92. The zero-order chi connectivity index (χ0) is 27.6. The van der Waals surface area contributed by atoms with Gasteiger partial charge in [0.25, 0.3) is 5.91 Å². The highest BCUT2D eigenvalue weighted by Gasteiger charge is 2.30. The predicted molar refractivity (Wildman–Crippen MR) is 147 cm³/mol. The van der Waals surface area contributed by atoms with E-state index in [0.29, 0.717) is 17.3 Å². The van der Waals surface area contributed by atoms with Crippen molar-refractivity contribution in [3.05, 3.63) is 36.2 Å².